The number of hydrogen-bond donors (Lipinski definition) is 1. The van der Waals surface area contributed by atoms with E-state index in [0.29, 0.717) is 33.8 Å². The molecule has 0 saturated carbocycles. The second-order valence-electron chi connectivity index (χ2n) is 6.55. The number of halogens is 2. The van der Waals surface area contributed by atoms with Gasteiger partial charge in [-0.15, -0.1) is 16.4 Å². The highest BCUT2D eigenvalue weighted by atomic mass is 35.5. The molecule has 0 aliphatic rings. The summed E-state index contributed by atoms with van der Waals surface area (Å²) in [5, 5.41) is 10.1. The molecule has 2 heterocycles. The highest BCUT2D eigenvalue weighted by molar-refractivity contribution is 7.15. The van der Waals surface area contributed by atoms with Crippen molar-refractivity contribution in [2.24, 2.45) is 0 Å². The molecule has 31 heavy (non-hydrogen) atoms. The fourth-order valence-corrected chi connectivity index (χ4v) is 4.18. The van der Waals surface area contributed by atoms with E-state index in [2.05, 4.69) is 15.4 Å². The largest absolute Gasteiger partial charge is 0.497 e. The van der Waals surface area contributed by atoms with Crippen molar-refractivity contribution in [2.75, 3.05) is 19.0 Å². The van der Waals surface area contributed by atoms with Crippen molar-refractivity contribution in [1.29, 1.82) is 0 Å². The van der Waals surface area contributed by atoms with Crippen LogP contribution in [0.5, 0.6) is 11.5 Å². The van der Waals surface area contributed by atoms with E-state index in [1.54, 1.807) is 29.8 Å². The summed E-state index contributed by atoms with van der Waals surface area (Å²) >= 11 is 13.4. The number of ether oxygens (including phenoxy) is 2. The lowest BCUT2D eigenvalue weighted by Gasteiger charge is -2.07. The predicted octanol–water partition coefficient (Wildman–Crippen LogP) is 5.57. The Hall–Kier alpha value is -2.81. The molecule has 0 fully saturated rings. The van der Waals surface area contributed by atoms with Gasteiger partial charge in [-0.25, -0.2) is 4.52 Å². The Morgan fingerprint density at radius 1 is 1.19 bits per heavy atom. The molecule has 2 aromatic heterocycles. The molecule has 4 rings (SSSR count). The second-order valence-corrected chi connectivity index (χ2v) is 8.23. The number of carbonyl (C=O) groups excluding carboxylic acids is 1. The molecule has 0 saturated heterocycles. The minimum atomic E-state index is -0.185. The van der Waals surface area contributed by atoms with E-state index >= 15 is 0 Å². The number of thiazole rings is 1. The first kappa shape index (κ1) is 21.4. The summed E-state index contributed by atoms with van der Waals surface area (Å²) in [6, 6.07) is 12.7. The van der Waals surface area contributed by atoms with Crippen LogP contribution in [0, 0.1) is 0 Å². The topological polar surface area (TPSA) is 77.8 Å². The SMILES string of the molecule is COc1ccc(-c2csc3nc(NC(=O)CCCOc4ccc(Cl)cc4Cl)nn23)cc1. The Labute approximate surface area is 192 Å². The van der Waals surface area contributed by atoms with Crippen molar-refractivity contribution >= 4 is 51.4 Å². The van der Waals surface area contributed by atoms with Gasteiger partial charge in [-0.05, 0) is 48.9 Å². The number of rotatable bonds is 8. The monoisotopic (exact) mass is 476 g/mol. The van der Waals surface area contributed by atoms with Gasteiger partial charge >= 0.3 is 0 Å². The number of anilines is 1. The molecular formula is C21H18Cl2N4O3S. The predicted molar refractivity (Wildman–Crippen MR) is 123 cm³/mol. The average Bonchev–Trinajstić information content (AvgIpc) is 3.32. The number of aromatic nitrogens is 3. The quantitative estimate of drug-likeness (QED) is 0.336. The first-order valence-corrected chi connectivity index (χ1v) is 11.0. The van der Waals surface area contributed by atoms with Gasteiger partial charge in [-0.1, -0.05) is 23.2 Å². The Balaban J connectivity index is 1.33. The smallest absolute Gasteiger partial charge is 0.250 e. The average molecular weight is 477 g/mol. The molecule has 0 aliphatic heterocycles. The standard InChI is InChI=1S/C21H18Cl2N4O3S/c1-29-15-7-4-13(5-8-15)17-12-31-21-25-20(26-27(17)21)24-19(28)3-2-10-30-18-9-6-14(22)11-16(18)23/h4-9,11-12H,2-3,10H2,1H3,(H,24,26,28). The van der Waals surface area contributed by atoms with E-state index in [1.807, 2.05) is 29.6 Å². The third-order valence-corrected chi connectivity index (χ3v) is 5.76. The molecule has 0 radical (unpaired) electrons. The van der Waals surface area contributed by atoms with Crippen LogP contribution in [-0.4, -0.2) is 34.2 Å². The van der Waals surface area contributed by atoms with Crippen LogP contribution in [0.15, 0.2) is 47.8 Å². The number of amides is 1. The van der Waals surface area contributed by atoms with Crippen LogP contribution in [0.1, 0.15) is 12.8 Å². The van der Waals surface area contributed by atoms with Crippen LogP contribution in [0.3, 0.4) is 0 Å². The van der Waals surface area contributed by atoms with E-state index in [9.17, 15) is 4.79 Å². The zero-order chi connectivity index (χ0) is 21.8. The Morgan fingerprint density at radius 2 is 2.00 bits per heavy atom. The summed E-state index contributed by atoms with van der Waals surface area (Å²) < 4.78 is 12.5. The van der Waals surface area contributed by atoms with E-state index < -0.39 is 0 Å². The molecule has 10 heteroatoms. The van der Waals surface area contributed by atoms with Crippen LogP contribution in [0.4, 0.5) is 5.95 Å². The summed E-state index contributed by atoms with van der Waals surface area (Å²) in [7, 11) is 1.63. The molecule has 4 aromatic rings. The van der Waals surface area contributed by atoms with Gasteiger partial charge in [0.05, 0.1) is 24.4 Å². The number of methoxy groups -OCH3 is 1. The van der Waals surface area contributed by atoms with Crippen LogP contribution in [0.25, 0.3) is 16.2 Å². The lowest BCUT2D eigenvalue weighted by Crippen LogP contribution is -2.14. The fraction of sp³-hybridized carbons (Fsp3) is 0.190. The third-order valence-electron chi connectivity index (χ3n) is 4.42. The van der Waals surface area contributed by atoms with Crippen molar-refractivity contribution in [3.8, 4) is 22.8 Å². The van der Waals surface area contributed by atoms with Crippen molar-refractivity contribution in [3.05, 3.63) is 57.9 Å². The van der Waals surface area contributed by atoms with Gasteiger partial charge in [0, 0.05) is 22.4 Å². The Kier molecular flexibility index (Phi) is 6.60. The Bertz CT molecular complexity index is 1210. The summed E-state index contributed by atoms with van der Waals surface area (Å²) in [6.45, 7) is 0.349. The van der Waals surface area contributed by atoms with Crippen LogP contribution in [-0.2, 0) is 4.79 Å². The van der Waals surface area contributed by atoms with Crippen molar-refractivity contribution in [1.82, 2.24) is 14.6 Å². The summed E-state index contributed by atoms with van der Waals surface area (Å²) in [4.78, 5) is 17.3. The molecule has 7 nitrogen and oxygen atoms in total. The maximum atomic E-state index is 12.2. The molecule has 0 aliphatic carbocycles. The normalized spacial score (nSPS) is 10.9. The van der Waals surface area contributed by atoms with Gasteiger partial charge in [0.25, 0.3) is 0 Å². The van der Waals surface area contributed by atoms with Gasteiger partial charge in [0.15, 0.2) is 0 Å². The van der Waals surface area contributed by atoms with E-state index in [4.69, 9.17) is 32.7 Å². The lowest BCUT2D eigenvalue weighted by atomic mass is 10.2. The summed E-state index contributed by atoms with van der Waals surface area (Å²) in [5.74, 6) is 1.40. The van der Waals surface area contributed by atoms with Crippen molar-refractivity contribution < 1.29 is 14.3 Å². The van der Waals surface area contributed by atoms with Gasteiger partial charge in [-0.3, -0.25) is 10.1 Å². The third kappa shape index (κ3) is 5.10. The number of hydrogen-bond acceptors (Lipinski definition) is 6. The first-order valence-electron chi connectivity index (χ1n) is 9.40. The van der Waals surface area contributed by atoms with E-state index in [0.717, 1.165) is 17.0 Å². The highest BCUT2D eigenvalue weighted by Crippen LogP contribution is 2.28. The lowest BCUT2D eigenvalue weighted by molar-refractivity contribution is -0.116. The second kappa shape index (κ2) is 9.55. The Morgan fingerprint density at radius 3 is 2.74 bits per heavy atom. The molecule has 0 bridgehead atoms. The van der Waals surface area contributed by atoms with Gasteiger partial charge < -0.3 is 9.47 Å². The van der Waals surface area contributed by atoms with Gasteiger partial charge in [0.1, 0.15) is 11.5 Å². The summed E-state index contributed by atoms with van der Waals surface area (Å²) in [5.41, 5.74) is 1.87. The van der Waals surface area contributed by atoms with Crippen LogP contribution >= 0.6 is 34.5 Å². The maximum absolute atomic E-state index is 12.2. The number of benzene rings is 2. The molecule has 0 spiro atoms. The number of fused-ring (bicyclic) bond motifs is 1. The molecule has 2 aromatic carbocycles. The minimum absolute atomic E-state index is 0.185. The molecule has 1 amide bonds. The zero-order valence-corrected chi connectivity index (χ0v) is 18.8. The highest BCUT2D eigenvalue weighted by Gasteiger charge is 2.13. The molecule has 160 valence electrons. The fourth-order valence-electron chi connectivity index (χ4n) is 2.89. The molecular weight excluding hydrogens is 459 g/mol. The van der Waals surface area contributed by atoms with Gasteiger partial charge in [-0.2, -0.15) is 4.98 Å². The number of nitrogens with zero attached hydrogens (tertiary/aromatic N) is 3. The molecule has 1 N–H and O–H groups in total. The minimum Gasteiger partial charge on any atom is -0.497 e. The van der Waals surface area contributed by atoms with Crippen molar-refractivity contribution in [3.63, 3.8) is 0 Å². The summed E-state index contributed by atoms with van der Waals surface area (Å²) in [6.07, 6.45) is 0.785. The van der Waals surface area contributed by atoms with Gasteiger partial charge in [0.2, 0.25) is 16.8 Å². The number of carbonyl (C=O) groups is 1. The van der Waals surface area contributed by atoms with Crippen molar-refractivity contribution in [2.45, 2.75) is 12.8 Å². The van der Waals surface area contributed by atoms with E-state index in [1.165, 1.54) is 11.3 Å². The molecule has 0 unspecified atom stereocenters. The maximum Gasteiger partial charge on any atom is 0.250 e. The van der Waals surface area contributed by atoms with E-state index in [-0.39, 0.29) is 18.3 Å². The number of nitrogens with one attached hydrogen (secondary N) is 1. The van der Waals surface area contributed by atoms with Crippen LogP contribution in [0.2, 0.25) is 10.0 Å². The molecule has 0 atom stereocenters. The van der Waals surface area contributed by atoms with Crippen LogP contribution < -0.4 is 14.8 Å². The zero-order valence-electron chi connectivity index (χ0n) is 16.5. The first-order chi connectivity index (χ1) is 15.0.